The second-order valence-electron chi connectivity index (χ2n) is 5.03. The van der Waals surface area contributed by atoms with E-state index in [4.69, 9.17) is 0 Å². The average Bonchev–Trinajstić information content (AvgIpc) is 2.83. The zero-order chi connectivity index (χ0) is 12.5. The van der Waals surface area contributed by atoms with Crippen molar-refractivity contribution < 1.29 is 0 Å². The van der Waals surface area contributed by atoms with Crippen LogP contribution in [0, 0.1) is 0 Å². The van der Waals surface area contributed by atoms with E-state index in [2.05, 4.69) is 46.5 Å². The van der Waals surface area contributed by atoms with Crippen molar-refractivity contribution in [3.63, 3.8) is 0 Å². The maximum absolute atomic E-state index is 4.35. The smallest absolute Gasteiger partial charge is 0.133 e. The van der Waals surface area contributed by atoms with Gasteiger partial charge in [-0.3, -0.25) is 4.90 Å². The van der Waals surface area contributed by atoms with Crippen molar-refractivity contribution >= 4 is 16.6 Å². The minimum absolute atomic E-state index is 0.584. The van der Waals surface area contributed by atoms with Gasteiger partial charge in [0.15, 0.2) is 0 Å². The highest BCUT2D eigenvalue weighted by Crippen LogP contribution is 2.32. The summed E-state index contributed by atoms with van der Waals surface area (Å²) in [6, 6.07) is 9.42. The summed E-state index contributed by atoms with van der Waals surface area (Å²) >= 11 is 0. The second-order valence-corrected chi connectivity index (χ2v) is 5.03. The summed E-state index contributed by atoms with van der Waals surface area (Å²) in [4.78, 5) is 6.79. The van der Waals surface area contributed by atoms with E-state index in [-0.39, 0.29) is 0 Å². The van der Waals surface area contributed by atoms with E-state index in [0.717, 1.165) is 5.82 Å². The lowest BCUT2D eigenvalue weighted by molar-refractivity contribution is 0.317. The van der Waals surface area contributed by atoms with E-state index >= 15 is 0 Å². The summed E-state index contributed by atoms with van der Waals surface area (Å²) in [6.07, 6.45) is 4.44. The number of aromatic nitrogens is 1. The first-order chi connectivity index (χ1) is 8.79. The van der Waals surface area contributed by atoms with Crippen LogP contribution in [-0.2, 0) is 0 Å². The maximum Gasteiger partial charge on any atom is 0.133 e. The van der Waals surface area contributed by atoms with Crippen molar-refractivity contribution in [3.8, 4) is 0 Å². The molecule has 0 unspecified atom stereocenters. The number of hydrogen-bond acceptors (Lipinski definition) is 3. The number of likely N-dealkylation sites (tertiary alicyclic amines) is 1. The van der Waals surface area contributed by atoms with Gasteiger partial charge in [-0.25, -0.2) is 4.98 Å². The number of anilines is 1. The molecule has 18 heavy (non-hydrogen) atoms. The molecule has 3 nitrogen and oxygen atoms in total. The molecule has 1 aromatic carbocycles. The highest BCUT2D eigenvalue weighted by atomic mass is 15.1. The number of hydrogen-bond donors (Lipinski definition) is 1. The average molecular weight is 241 g/mol. The fourth-order valence-corrected chi connectivity index (χ4v) is 2.93. The Labute approximate surface area is 108 Å². The van der Waals surface area contributed by atoms with Crippen LogP contribution in [0.4, 0.5) is 5.82 Å². The monoisotopic (exact) mass is 241 g/mol. The minimum Gasteiger partial charge on any atom is -0.373 e. The van der Waals surface area contributed by atoms with Gasteiger partial charge in [0.2, 0.25) is 0 Å². The van der Waals surface area contributed by atoms with E-state index in [0.29, 0.717) is 6.04 Å². The SMILES string of the molecule is CNc1nccc2cc([C@@H]3CCCN3C)ccc12. The Bertz CT molecular complexity index is 565. The molecule has 1 aromatic heterocycles. The molecule has 0 saturated carbocycles. The largest absolute Gasteiger partial charge is 0.373 e. The molecule has 1 atom stereocenters. The van der Waals surface area contributed by atoms with Gasteiger partial charge in [0.1, 0.15) is 5.82 Å². The van der Waals surface area contributed by atoms with Crippen LogP contribution in [-0.4, -0.2) is 30.5 Å². The molecule has 2 heterocycles. The van der Waals surface area contributed by atoms with Crippen molar-refractivity contribution in [1.82, 2.24) is 9.88 Å². The van der Waals surface area contributed by atoms with E-state index in [1.54, 1.807) is 0 Å². The molecule has 1 fully saturated rings. The molecule has 94 valence electrons. The third kappa shape index (κ3) is 1.85. The van der Waals surface area contributed by atoms with Crippen molar-refractivity contribution in [2.24, 2.45) is 0 Å². The second kappa shape index (κ2) is 4.58. The van der Waals surface area contributed by atoms with Crippen LogP contribution in [0.25, 0.3) is 10.8 Å². The first-order valence-electron chi connectivity index (χ1n) is 6.56. The third-order valence-corrected chi connectivity index (χ3v) is 3.93. The Morgan fingerprint density at radius 3 is 2.94 bits per heavy atom. The highest BCUT2D eigenvalue weighted by Gasteiger charge is 2.22. The molecular weight excluding hydrogens is 222 g/mol. The number of nitrogens with zero attached hydrogens (tertiary/aromatic N) is 2. The van der Waals surface area contributed by atoms with Gasteiger partial charge in [-0.15, -0.1) is 0 Å². The summed E-state index contributed by atoms with van der Waals surface area (Å²) in [6.45, 7) is 1.21. The number of benzene rings is 1. The summed E-state index contributed by atoms with van der Waals surface area (Å²) in [5, 5.41) is 5.62. The molecule has 0 radical (unpaired) electrons. The fraction of sp³-hybridized carbons (Fsp3) is 0.400. The zero-order valence-electron chi connectivity index (χ0n) is 11.0. The van der Waals surface area contributed by atoms with E-state index in [9.17, 15) is 0 Å². The number of rotatable bonds is 2. The van der Waals surface area contributed by atoms with Crippen LogP contribution in [0.2, 0.25) is 0 Å². The number of nitrogens with one attached hydrogen (secondary N) is 1. The molecule has 3 heteroatoms. The van der Waals surface area contributed by atoms with Crippen LogP contribution >= 0.6 is 0 Å². The predicted molar refractivity (Wildman–Crippen MR) is 75.9 cm³/mol. The van der Waals surface area contributed by atoms with Gasteiger partial charge in [-0.1, -0.05) is 12.1 Å². The Hall–Kier alpha value is -1.61. The van der Waals surface area contributed by atoms with Crippen LogP contribution in [0.3, 0.4) is 0 Å². The summed E-state index contributed by atoms with van der Waals surface area (Å²) in [5.41, 5.74) is 1.43. The van der Waals surface area contributed by atoms with Crippen LogP contribution in [0.1, 0.15) is 24.4 Å². The first kappa shape index (κ1) is 11.5. The quantitative estimate of drug-likeness (QED) is 0.876. The Morgan fingerprint density at radius 1 is 1.33 bits per heavy atom. The Balaban J connectivity index is 2.06. The van der Waals surface area contributed by atoms with E-state index < -0.39 is 0 Å². The first-order valence-corrected chi connectivity index (χ1v) is 6.56. The third-order valence-electron chi connectivity index (χ3n) is 3.93. The van der Waals surface area contributed by atoms with Crippen molar-refractivity contribution in [2.75, 3.05) is 26.0 Å². The Kier molecular flexibility index (Phi) is 2.92. The Morgan fingerprint density at radius 2 is 2.22 bits per heavy atom. The fourth-order valence-electron chi connectivity index (χ4n) is 2.93. The summed E-state index contributed by atoms with van der Waals surface area (Å²) in [7, 11) is 4.13. The van der Waals surface area contributed by atoms with Crippen LogP contribution < -0.4 is 5.32 Å². The van der Waals surface area contributed by atoms with Crippen molar-refractivity contribution in [1.29, 1.82) is 0 Å². The molecular formula is C15H19N3. The van der Waals surface area contributed by atoms with Gasteiger partial charge in [-0.2, -0.15) is 0 Å². The van der Waals surface area contributed by atoms with Gasteiger partial charge in [-0.05, 0) is 49.5 Å². The summed E-state index contributed by atoms with van der Waals surface area (Å²) in [5.74, 6) is 0.957. The van der Waals surface area contributed by atoms with Gasteiger partial charge >= 0.3 is 0 Å². The highest BCUT2D eigenvalue weighted by molar-refractivity contribution is 5.92. The van der Waals surface area contributed by atoms with Gasteiger partial charge in [0.05, 0.1) is 0 Å². The van der Waals surface area contributed by atoms with Crippen molar-refractivity contribution in [2.45, 2.75) is 18.9 Å². The topological polar surface area (TPSA) is 28.2 Å². The predicted octanol–water partition coefficient (Wildman–Crippen LogP) is 3.04. The minimum atomic E-state index is 0.584. The van der Waals surface area contributed by atoms with Crippen LogP contribution in [0.5, 0.6) is 0 Å². The summed E-state index contributed by atoms with van der Waals surface area (Å²) < 4.78 is 0. The van der Waals surface area contributed by atoms with E-state index in [1.807, 2.05) is 13.2 Å². The lowest BCUT2D eigenvalue weighted by Crippen LogP contribution is -2.17. The molecule has 0 aliphatic carbocycles. The van der Waals surface area contributed by atoms with Gasteiger partial charge in [0, 0.05) is 24.7 Å². The van der Waals surface area contributed by atoms with Gasteiger partial charge in [0.25, 0.3) is 0 Å². The number of fused-ring (bicyclic) bond motifs is 1. The molecule has 2 aromatic rings. The van der Waals surface area contributed by atoms with E-state index in [1.165, 1.54) is 35.7 Å². The lowest BCUT2D eigenvalue weighted by Gasteiger charge is -2.20. The van der Waals surface area contributed by atoms with Gasteiger partial charge < -0.3 is 5.32 Å². The molecule has 0 amide bonds. The molecule has 0 bridgehead atoms. The molecule has 0 spiro atoms. The molecule has 1 saturated heterocycles. The number of pyridine rings is 1. The van der Waals surface area contributed by atoms with Crippen LogP contribution in [0.15, 0.2) is 30.5 Å². The lowest BCUT2D eigenvalue weighted by atomic mass is 10.0. The molecule has 1 aliphatic rings. The zero-order valence-corrected chi connectivity index (χ0v) is 11.0. The maximum atomic E-state index is 4.35. The molecule has 1 N–H and O–H groups in total. The van der Waals surface area contributed by atoms with Crippen molar-refractivity contribution in [3.05, 3.63) is 36.0 Å². The normalized spacial score (nSPS) is 20.4. The molecule has 3 rings (SSSR count). The standard InChI is InChI=1S/C15H19N3/c1-16-15-13-6-5-12(10-11(13)7-8-17-15)14-4-3-9-18(14)2/h5-8,10,14H,3-4,9H2,1-2H3,(H,16,17)/t14-/m0/s1. The molecule has 1 aliphatic heterocycles.